The molecule has 2 saturated heterocycles. The molecule has 2 aliphatic rings. The van der Waals surface area contributed by atoms with Crippen LogP contribution in [0.2, 0.25) is 0 Å². The Bertz CT molecular complexity index is 252. The summed E-state index contributed by atoms with van der Waals surface area (Å²) >= 11 is 0. The first-order valence-corrected chi connectivity index (χ1v) is 6.61. The highest BCUT2D eigenvalue weighted by Crippen LogP contribution is 2.13. The number of urea groups is 1. The number of nitrogens with one attached hydrogen (secondary N) is 1. The molecule has 2 fully saturated rings. The fraction of sp³-hybridized carbons (Fsp3) is 0.917. The first-order valence-electron chi connectivity index (χ1n) is 6.61. The van der Waals surface area contributed by atoms with Crippen LogP contribution in [-0.4, -0.2) is 68.3 Å². The topological polar surface area (TPSA) is 44.8 Å². The second-order valence-electron chi connectivity index (χ2n) is 4.83. The van der Waals surface area contributed by atoms with Crippen LogP contribution >= 0.6 is 0 Å². The van der Waals surface area contributed by atoms with E-state index >= 15 is 0 Å². The second-order valence-corrected chi connectivity index (χ2v) is 4.83. The van der Waals surface area contributed by atoms with Crippen LogP contribution in [0.4, 0.5) is 4.79 Å². The molecule has 2 aliphatic heterocycles. The minimum atomic E-state index is 0.141. The SMILES string of the molecule is CNCC1CN(C(=O)N2CCCCC2)CCO1. The van der Waals surface area contributed by atoms with Crippen LogP contribution in [0.15, 0.2) is 0 Å². The van der Waals surface area contributed by atoms with E-state index in [1.54, 1.807) is 0 Å². The predicted molar refractivity (Wildman–Crippen MR) is 66.1 cm³/mol. The van der Waals surface area contributed by atoms with Gasteiger partial charge in [0.1, 0.15) is 0 Å². The van der Waals surface area contributed by atoms with E-state index in [0.717, 1.165) is 45.6 Å². The summed E-state index contributed by atoms with van der Waals surface area (Å²) in [4.78, 5) is 16.2. The number of likely N-dealkylation sites (N-methyl/N-ethyl adjacent to an activating group) is 1. The first-order chi connectivity index (χ1) is 8.31. The van der Waals surface area contributed by atoms with Crippen molar-refractivity contribution >= 4 is 6.03 Å². The Morgan fingerprint density at radius 1 is 1.24 bits per heavy atom. The quantitative estimate of drug-likeness (QED) is 0.766. The molecule has 1 unspecified atom stereocenters. The van der Waals surface area contributed by atoms with E-state index in [-0.39, 0.29) is 12.1 Å². The lowest BCUT2D eigenvalue weighted by Gasteiger charge is -2.37. The molecule has 2 rings (SSSR count). The van der Waals surface area contributed by atoms with Gasteiger partial charge in [0.2, 0.25) is 0 Å². The molecule has 5 nitrogen and oxygen atoms in total. The first kappa shape index (κ1) is 12.6. The summed E-state index contributed by atoms with van der Waals surface area (Å²) in [6.45, 7) is 4.77. The van der Waals surface area contributed by atoms with Crippen molar-refractivity contribution in [2.24, 2.45) is 0 Å². The monoisotopic (exact) mass is 241 g/mol. The van der Waals surface area contributed by atoms with Crippen molar-refractivity contribution in [1.29, 1.82) is 0 Å². The second kappa shape index (κ2) is 6.21. The summed E-state index contributed by atoms with van der Waals surface area (Å²) in [5, 5.41) is 3.10. The molecule has 0 spiro atoms. The van der Waals surface area contributed by atoms with E-state index in [9.17, 15) is 4.79 Å². The Labute approximate surface area is 103 Å². The number of likely N-dealkylation sites (tertiary alicyclic amines) is 1. The third kappa shape index (κ3) is 3.33. The van der Waals surface area contributed by atoms with Gasteiger partial charge in [0.05, 0.1) is 12.7 Å². The summed E-state index contributed by atoms with van der Waals surface area (Å²) in [6.07, 6.45) is 3.70. The zero-order chi connectivity index (χ0) is 12.1. The number of ether oxygens (including phenoxy) is 1. The van der Waals surface area contributed by atoms with Crippen molar-refractivity contribution in [2.75, 3.05) is 46.4 Å². The maximum Gasteiger partial charge on any atom is 0.320 e. The largest absolute Gasteiger partial charge is 0.373 e. The third-order valence-electron chi connectivity index (χ3n) is 3.47. The minimum Gasteiger partial charge on any atom is -0.373 e. The summed E-state index contributed by atoms with van der Waals surface area (Å²) in [7, 11) is 1.91. The van der Waals surface area contributed by atoms with Gasteiger partial charge in [-0.2, -0.15) is 0 Å². The zero-order valence-electron chi connectivity index (χ0n) is 10.7. The fourth-order valence-electron chi connectivity index (χ4n) is 2.53. The number of hydrogen-bond acceptors (Lipinski definition) is 3. The highest BCUT2D eigenvalue weighted by Gasteiger charge is 2.27. The van der Waals surface area contributed by atoms with E-state index in [2.05, 4.69) is 5.32 Å². The third-order valence-corrected chi connectivity index (χ3v) is 3.47. The van der Waals surface area contributed by atoms with E-state index in [1.807, 2.05) is 16.8 Å². The van der Waals surface area contributed by atoms with Crippen LogP contribution in [-0.2, 0) is 4.74 Å². The maximum atomic E-state index is 12.3. The van der Waals surface area contributed by atoms with Crippen LogP contribution in [0, 0.1) is 0 Å². The van der Waals surface area contributed by atoms with Crippen molar-refractivity contribution < 1.29 is 9.53 Å². The zero-order valence-corrected chi connectivity index (χ0v) is 10.7. The molecule has 98 valence electrons. The Morgan fingerprint density at radius 2 is 2.00 bits per heavy atom. The van der Waals surface area contributed by atoms with Gasteiger partial charge in [-0.1, -0.05) is 0 Å². The van der Waals surface area contributed by atoms with Crippen molar-refractivity contribution in [3.8, 4) is 0 Å². The van der Waals surface area contributed by atoms with Gasteiger partial charge in [0, 0.05) is 32.7 Å². The number of morpholine rings is 1. The lowest BCUT2D eigenvalue weighted by Crippen LogP contribution is -2.53. The molecule has 5 heteroatoms. The minimum absolute atomic E-state index is 0.141. The van der Waals surface area contributed by atoms with Crippen LogP contribution in [0.5, 0.6) is 0 Å². The van der Waals surface area contributed by atoms with E-state index in [1.165, 1.54) is 6.42 Å². The van der Waals surface area contributed by atoms with Gasteiger partial charge in [-0.15, -0.1) is 0 Å². The van der Waals surface area contributed by atoms with Crippen LogP contribution in [0.1, 0.15) is 19.3 Å². The van der Waals surface area contributed by atoms with Crippen LogP contribution < -0.4 is 5.32 Å². The van der Waals surface area contributed by atoms with Gasteiger partial charge >= 0.3 is 6.03 Å². The molecule has 17 heavy (non-hydrogen) atoms. The lowest BCUT2D eigenvalue weighted by molar-refractivity contribution is -0.0177. The van der Waals surface area contributed by atoms with E-state index in [4.69, 9.17) is 4.74 Å². The molecule has 0 bridgehead atoms. The smallest absolute Gasteiger partial charge is 0.320 e. The number of rotatable bonds is 2. The van der Waals surface area contributed by atoms with Gasteiger partial charge in [-0.25, -0.2) is 4.79 Å². The molecule has 0 saturated carbocycles. The van der Waals surface area contributed by atoms with Gasteiger partial charge < -0.3 is 19.9 Å². The molecule has 2 heterocycles. The summed E-state index contributed by atoms with van der Waals surface area (Å²) < 4.78 is 5.61. The van der Waals surface area contributed by atoms with Crippen molar-refractivity contribution in [2.45, 2.75) is 25.4 Å². The van der Waals surface area contributed by atoms with Gasteiger partial charge in [-0.05, 0) is 26.3 Å². The molecule has 0 aromatic carbocycles. The number of carbonyl (C=O) groups is 1. The molecular formula is C12H23N3O2. The molecule has 0 radical (unpaired) electrons. The standard InChI is InChI=1S/C12H23N3O2/c1-13-9-11-10-15(7-8-17-11)12(16)14-5-3-2-4-6-14/h11,13H,2-10H2,1H3. The molecule has 1 N–H and O–H groups in total. The Balaban J connectivity index is 1.85. The number of nitrogens with zero attached hydrogens (tertiary/aromatic N) is 2. The van der Waals surface area contributed by atoms with Crippen LogP contribution in [0.3, 0.4) is 0 Å². The normalized spacial score (nSPS) is 26.1. The summed E-state index contributed by atoms with van der Waals surface area (Å²) in [6, 6.07) is 0.203. The lowest BCUT2D eigenvalue weighted by atomic mass is 10.1. The Hall–Kier alpha value is -0.810. The molecule has 0 aromatic rings. The highest BCUT2D eigenvalue weighted by atomic mass is 16.5. The number of hydrogen-bond donors (Lipinski definition) is 1. The van der Waals surface area contributed by atoms with Crippen molar-refractivity contribution in [1.82, 2.24) is 15.1 Å². The van der Waals surface area contributed by atoms with Crippen molar-refractivity contribution in [3.63, 3.8) is 0 Å². The van der Waals surface area contributed by atoms with Gasteiger partial charge in [-0.3, -0.25) is 0 Å². The Kier molecular flexibility index (Phi) is 4.62. The van der Waals surface area contributed by atoms with Crippen LogP contribution in [0.25, 0.3) is 0 Å². The molecule has 0 aromatic heterocycles. The van der Waals surface area contributed by atoms with Gasteiger partial charge in [0.25, 0.3) is 0 Å². The summed E-state index contributed by atoms with van der Waals surface area (Å²) in [5.74, 6) is 0. The fourth-order valence-corrected chi connectivity index (χ4v) is 2.53. The molecular weight excluding hydrogens is 218 g/mol. The van der Waals surface area contributed by atoms with Gasteiger partial charge in [0.15, 0.2) is 0 Å². The average Bonchev–Trinajstić information content (AvgIpc) is 2.40. The maximum absolute atomic E-state index is 12.3. The van der Waals surface area contributed by atoms with E-state index < -0.39 is 0 Å². The molecule has 2 amide bonds. The van der Waals surface area contributed by atoms with Crippen molar-refractivity contribution in [3.05, 3.63) is 0 Å². The summed E-state index contributed by atoms with van der Waals surface area (Å²) in [5.41, 5.74) is 0. The number of carbonyl (C=O) groups excluding carboxylic acids is 1. The molecule has 1 atom stereocenters. The number of piperidine rings is 1. The predicted octanol–water partition coefficient (Wildman–Crippen LogP) is 0.512. The molecule has 0 aliphatic carbocycles. The van der Waals surface area contributed by atoms with E-state index in [0.29, 0.717) is 6.61 Å². The highest BCUT2D eigenvalue weighted by molar-refractivity contribution is 5.74. The average molecular weight is 241 g/mol. The Morgan fingerprint density at radius 3 is 2.71 bits per heavy atom. The number of amides is 2.